The van der Waals surface area contributed by atoms with E-state index in [4.69, 9.17) is 0 Å². The number of hydrogen-bond acceptors (Lipinski definition) is 2. The molecular formula is C15H28IN5. The molecule has 1 aromatic heterocycles. The molecule has 0 radical (unpaired) electrons. The molecule has 1 aromatic rings. The molecule has 2 N–H and O–H groups in total. The second kappa shape index (κ2) is 8.00. The van der Waals surface area contributed by atoms with E-state index in [0.717, 1.165) is 37.1 Å². The Morgan fingerprint density at radius 2 is 2.10 bits per heavy atom. The molecule has 0 bridgehead atoms. The average molecular weight is 405 g/mol. The van der Waals surface area contributed by atoms with Crippen LogP contribution in [0.25, 0.3) is 0 Å². The van der Waals surface area contributed by atoms with Crippen molar-refractivity contribution in [1.82, 2.24) is 20.4 Å². The Bertz CT molecular complexity index is 494. The summed E-state index contributed by atoms with van der Waals surface area (Å²) in [5.74, 6) is 1.72. The highest BCUT2D eigenvalue weighted by Gasteiger charge is 2.33. The van der Waals surface area contributed by atoms with E-state index < -0.39 is 0 Å². The molecule has 0 amide bonds. The van der Waals surface area contributed by atoms with E-state index >= 15 is 0 Å². The highest BCUT2D eigenvalue weighted by atomic mass is 127. The Balaban J connectivity index is 0.00000220. The molecule has 1 aliphatic carbocycles. The maximum Gasteiger partial charge on any atom is 0.191 e. The van der Waals surface area contributed by atoms with E-state index in [1.54, 1.807) is 0 Å². The molecule has 6 heteroatoms. The predicted molar refractivity (Wildman–Crippen MR) is 98.5 cm³/mol. The van der Waals surface area contributed by atoms with Crippen molar-refractivity contribution >= 4 is 29.9 Å². The van der Waals surface area contributed by atoms with Crippen LogP contribution >= 0.6 is 24.0 Å². The van der Waals surface area contributed by atoms with Crippen LogP contribution < -0.4 is 10.6 Å². The van der Waals surface area contributed by atoms with Gasteiger partial charge in [-0.2, -0.15) is 5.10 Å². The van der Waals surface area contributed by atoms with Gasteiger partial charge in [-0.25, -0.2) is 0 Å². The van der Waals surface area contributed by atoms with Crippen molar-refractivity contribution in [3.8, 4) is 0 Å². The number of aryl methyl sites for hydroxylation is 2. The lowest BCUT2D eigenvalue weighted by Gasteiger charge is -2.10. The van der Waals surface area contributed by atoms with Gasteiger partial charge in [-0.15, -0.1) is 24.0 Å². The Morgan fingerprint density at radius 1 is 1.43 bits per heavy atom. The van der Waals surface area contributed by atoms with Crippen molar-refractivity contribution in [3.63, 3.8) is 0 Å². The highest BCUT2D eigenvalue weighted by Crippen LogP contribution is 2.28. The third-order valence-corrected chi connectivity index (χ3v) is 4.07. The molecule has 1 aliphatic rings. The monoisotopic (exact) mass is 405 g/mol. The van der Waals surface area contributed by atoms with E-state index in [-0.39, 0.29) is 24.0 Å². The van der Waals surface area contributed by atoms with Gasteiger partial charge in [-0.3, -0.25) is 9.67 Å². The van der Waals surface area contributed by atoms with Gasteiger partial charge in [0.25, 0.3) is 0 Å². The normalized spacial score (nSPS) is 20.9. The van der Waals surface area contributed by atoms with Crippen molar-refractivity contribution in [2.75, 3.05) is 13.1 Å². The molecule has 0 spiro atoms. The van der Waals surface area contributed by atoms with Crippen molar-refractivity contribution < 1.29 is 0 Å². The van der Waals surface area contributed by atoms with Crippen LogP contribution in [0.5, 0.6) is 0 Å². The molecule has 0 aliphatic heterocycles. The van der Waals surface area contributed by atoms with Crippen LogP contribution in [0.4, 0.5) is 0 Å². The van der Waals surface area contributed by atoms with E-state index in [1.165, 1.54) is 17.7 Å². The number of rotatable bonds is 5. The molecule has 0 aromatic carbocycles. The van der Waals surface area contributed by atoms with Crippen LogP contribution in [0, 0.1) is 19.8 Å². The predicted octanol–water partition coefficient (Wildman–Crippen LogP) is 2.16. The Labute approximate surface area is 145 Å². The van der Waals surface area contributed by atoms with Gasteiger partial charge in [0.05, 0.1) is 5.69 Å². The standard InChI is InChI=1S/C15H27N5.HI/c1-6-16-15(18-14-9-10(14)2)17-8-7-13-11(3)19-20(5)12(13)4;/h10,14H,6-9H2,1-5H3,(H2,16,17,18);1H. The number of nitrogens with one attached hydrogen (secondary N) is 2. The van der Waals surface area contributed by atoms with Gasteiger partial charge < -0.3 is 10.6 Å². The molecule has 2 unspecified atom stereocenters. The molecular weight excluding hydrogens is 377 g/mol. The molecule has 2 atom stereocenters. The summed E-state index contributed by atoms with van der Waals surface area (Å²) in [6, 6.07) is 0.606. The largest absolute Gasteiger partial charge is 0.357 e. The summed E-state index contributed by atoms with van der Waals surface area (Å²) < 4.78 is 1.95. The van der Waals surface area contributed by atoms with Gasteiger partial charge >= 0.3 is 0 Å². The molecule has 0 saturated heterocycles. The molecule has 120 valence electrons. The van der Waals surface area contributed by atoms with Crippen LogP contribution in [0.3, 0.4) is 0 Å². The maximum absolute atomic E-state index is 4.67. The fourth-order valence-corrected chi connectivity index (χ4v) is 2.48. The summed E-state index contributed by atoms with van der Waals surface area (Å²) in [7, 11) is 2.00. The van der Waals surface area contributed by atoms with Crippen molar-refractivity contribution in [2.45, 2.75) is 46.6 Å². The minimum absolute atomic E-state index is 0. The first-order valence-electron chi connectivity index (χ1n) is 7.56. The smallest absolute Gasteiger partial charge is 0.191 e. The highest BCUT2D eigenvalue weighted by molar-refractivity contribution is 14.0. The Hall–Kier alpha value is -0.790. The molecule has 1 heterocycles. The van der Waals surface area contributed by atoms with Crippen LogP contribution in [-0.2, 0) is 13.5 Å². The summed E-state index contributed by atoms with van der Waals surface area (Å²) in [6.45, 7) is 10.3. The van der Waals surface area contributed by atoms with Gasteiger partial charge in [0.2, 0.25) is 0 Å². The lowest BCUT2D eigenvalue weighted by Crippen LogP contribution is -2.39. The van der Waals surface area contributed by atoms with Crippen molar-refractivity contribution in [1.29, 1.82) is 0 Å². The van der Waals surface area contributed by atoms with Crippen LogP contribution in [-0.4, -0.2) is 34.9 Å². The minimum atomic E-state index is 0. The first-order valence-corrected chi connectivity index (χ1v) is 7.56. The maximum atomic E-state index is 4.67. The molecule has 21 heavy (non-hydrogen) atoms. The second-order valence-electron chi connectivity index (χ2n) is 5.75. The van der Waals surface area contributed by atoms with Crippen molar-refractivity contribution in [3.05, 3.63) is 17.0 Å². The molecule has 2 rings (SSSR count). The second-order valence-corrected chi connectivity index (χ2v) is 5.75. The topological polar surface area (TPSA) is 54.2 Å². The third-order valence-electron chi connectivity index (χ3n) is 4.07. The molecule has 1 saturated carbocycles. The fourth-order valence-electron chi connectivity index (χ4n) is 2.48. The van der Waals surface area contributed by atoms with Gasteiger partial charge in [-0.05, 0) is 45.1 Å². The van der Waals surface area contributed by atoms with Gasteiger partial charge in [-0.1, -0.05) is 6.92 Å². The number of nitrogens with zero attached hydrogens (tertiary/aromatic N) is 3. The van der Waals surface area contributed by atoms with Gasteiger partial charge in [0.15, 0.2) is 5.96 Å². The van der Waals surface area contributed by atoms with E-state index in [0.29, 0.717) is 6.04 Å². The van der Waals surface area contributed by atoms with E-state index in [2.05, 4.69) is 48.4 Å². The number of guanidine groups is 1. The summed E-state index contributed by atoms with van der Waals surface area (Å²) >= 11 is 0. The summed E-state index contributed by atoms with van der Waals surface area (Å²) in [5.41, 5.74) is 3.69. The Morgan fingerprint density at radius 3 is 2.57 bits per heavy atom. The lowest BCUT2D eigenvalue weighted by atomic mass is 10.1. The number of aliphatic imine (C=N–C) groups is 1. The van der Waals surface area contributed by atoms with E-state index in [9.17, 15) is 0 Å². The van der Waals surface area contributed by atoms with Crippen LogP contribution in [0.1, 0.15) is 37.2 Å². The first-order chi connectivity index (χ1) is 9.52. The average Bonchev–Trinajstić information content (AvgIpc) is 3.02. The Kier molecular flexibility index (Phi) is 6.96. The molecule has 1 fully saturated rings. The number of hydrogen-bond donors (Lipinski definition) is 2. The van der Waals surface area contributed by atoms with Crippen LogP contribution in [0.15, 0.2) is 4.99 Å². The van der Waals surface area contributed by atoms with Gasteiger partial charge in [0, 0.05) is 31.9 Å². The summed E-state index contributed by atoms with van der Waals surface area (Å²) in [6.07, 6.45) is 2.20. The first kappa shape index (κ1) is 18.3. The fraction of sp³-hybridized carbons (Fsp3) is 0.733. The SMILES string of the molecule is CCNC(=NCCc1c(C)nn(C)c1C)NC1CC1C.I. The minimum Gasteiger partial charge on any atom is -0.357 e. The third kappa shape index (κ3) is 4.86. The van der Waals surface area contributed by atoms with Crippen LogP contribution in [0.2, 0.25) is 0 Å². The lowest BCUT2D eigenvalue weighted by molar-refractivity contribution is 0.729. The van der Waals surface area contributed by atoms with E-state index in [1.807, 2.05) is 11.7 Å². The molecule has 5 nitrogen and oxygen atoms in total. The van der Waals surface area contributed by atoms with Crippen molar-refractivity contribution in [2.24, 2.45) is 18.0 Å². The zero-order valence-electron chi connectivity index (χ0n) is 13.7. The zero-order valence-corrected chi connectivity index (χ0v) is 16.1. The quantitative estimate of drug-likeness (QED) is 0.449. The number of aromatic nitrogens is 2. The van der Waals surface area contributed by atoms with Gasteiger partial charge in [0.1, 0.15) is 0 Å². The summed E-state index contributed by atoms with van der Waals surface area (Å²) in [5, 5.41) is 11.2. The summed E-state index contributed by atoms with van der Waals surface area (Å²) in [4.78, 5) is 4.67. The number of halogens is 1. The zero-order chi connectivity index (χ0) is 14.7.